The Kier molecular flexibility index (Phi) is 4.54. The first-order chi connectivity index (χ1) is 11.9. The average Bonchev–Trinajstić information content (AvgIpc) is 2.58. The molecule has 3 rings (SSSR count). The van der Waals surface area contributed by atoms with Gasteiger partial charge in [0.15, 0.2) is 0 Å². The van der Waals surface area contributed by atoms with Gasteiger partial charge in [-0.3, -0.25) is 9.59 Å². The fourth-order valence-electron chi connectivity index (χ4n) is 2.29. The maximum absolute atomic E-state index is 12.3. The highest BCUT2D eigenvalue weighted by molar-refractivity contribution is 6.30. The van der Waals surface area contributed by atoms with Crippen LogP contribution in [0.2, 0.25) is 5.02 Å². The van der Waals surface area contributed by atoms with E-state index >= 15 is 0 Å². The van der Waals surface area contributed by atoms with E-state index in [0.29, 0.717) is 27.7 Å². The molecule has 1 aromatic heterocycles. The predicted molar refractivity (Wildman–Crippen MR) is 96.1 cm³/mol. The van der Waals surface area contributed by atoms with Crippen molar-refractivity contribution in [3.05, 3.63) is 75.2 Å². The van der Waals surface area contributed by atoms with Gasteiger partial charge < -0.3 is 15.4 Å². The summed E-state index contributed by atoms with van der Waals surface area (Å²) in [6.45, 7) is 1.74. The lowest BCUT2D eigenvalue weighted by Crippen LogP contribution is -2.24. The Bertz CT molecular complexity index is 997. The third-order valence-electron chi connectivity index (χ3n) is 3.62. The minimum absolute atomic E-state index is 0.0994. The second-order valence-electron chi connectivity index (χ2n) is 5.43. The van der Waals surface area contributed by atoms with Gasteiger partial charge >= 0.3 is 0 Å². The second-order valence-corrected chi connectivity index (χ2v) is 5.87. The molecule has 25 heavy (non-hydrogen) atoms. The summed E-state index contributed by atoms with van der Waals surface area (Å²) in [7, 11) is 0. The van der Waals surface area contributed by atoms with Crippen LogP contribution in [-0.2, 0) is 0 Å². The van der Waals surface area contributed by atoms with E-state index in [0.717, 1.165) is 0 Å². The van der Waals surface area contributed by atoms with Crippen molar-refractivity contribution in [3.8, 4) is 17.1 Å². The Balaban J connectivity index is 1.86. The zero-order valence-corrected chi connectivity index (χ0v) is 14.0. The number of rotatable bonds is 3. The quantitative estimate of drug-likeness (QED) is 0.628. The molecule has 0 aliphatic heterocycles. The SMILES string of the molecule is Cc1cc(O)ccc1NC(=O)c1cnc(-c2ccc(Cl)cc2)[nH]c1=O. The molecule has 3 aromatic rings. The summed E-state index contributed by atoms with van der Waals surface area (Å²) in [6.07, 6.45) is 1.23. The minimum atomic E-state index is -0.579. The Morgan fingerprint density at radius 2 is 1.92 bits per heavy atom. The smallest absolute Gasteiger partial charge is 0.264 e. The number of amides is 1. The average molecular weight is 356 g/mol. The molecule has 0 saturated carbocycles. The van der Waals surface area contributed by atoms with Crippen molar-refractivity contribution in [1.29, 1.82) is 0 Å². The molecule has 0 atom stereocenters. The zero-order chi connectivity index (χ0) is 18.0. The number of benzene rings is 2. The molecule has 0 spiro atoms. The molecule has 0 aliphatic carbocycles. The Hall–Kier alpha value is -3.12. The van der Waals surface area contributed by atoms with Crippen LogP contribution in [0.4, 0.5) is 5.69 Å². The van der Waals surface area contributed by atoms with Gasteiger partial charge in [-0.05, 0) is 55.0 Å². The van der Waals surface area contributed by atoms with Gasteiger partial charge in [0.1, 0.15) is 17.1 Å². The highest BCUT2D eigenvalue weighted by Crippen LogP contribution is 2.21. The van der Waals surface area contributed by atoms with Gasteiger partial charge in [-0.2, -0.15) is 0 Å². The summed E-state index contributed by atoms with van der Waals surface area (Å²) in [5, 5.41) is 12.6. The number of carbonyl (C=O) groups excluding carboxylic acids is 1. The Morgan fingerprint density at radius 1 is 1.20 bits per heavy atom. The van der Waals surface area contributed by atoms with E-state index < -0.39 is 11.5 Å². The molecule has 2 aromatic carbocycles. The zero-order valence-electron chi connectivity index (χ0n) is 13.2. The summed E-state index contributed by atoms with van der Waals surface area (Å²) in [6, 6.07) is 11.3. The van der Waals surface area contributed by atoms with Gasteiger partial charge in [-0.15, -0.1) is 0 Å². The number of carbonyl (C=O) groups is 1. The molecule has 0 bridgehead atoms. The van der Waals surface area contributed by atoms with Crippen LogP contribution in [0, 0.1) is 6.92 Å². The molecule has 0 unspecified atom stereocenters. The number of aryl methyl sites for hydroxylation is 1. The van der Waals surface area contributed by atoms with Crippen LogP contribution < -0.4 is 10.9 Å². The summed E-state index contributed by atoms with van der Waals surface area (Å²) in [4.78, 5) is 31.3. The molecular weight excluding hydrogens is 342 g/mol. The number of aromatic nitrogens is 2. The van der Waals surface area contributed by atoms with E-state index in [-0.39, 0.29) is 11.3 Å². The number of aromatic amines is 1. The first-order valence-corrected chi connectivity index (χ1v) is 7.78. The fraction of sp³-hybridized carbons (Fsp3) is 0.0556. The molecule has 1 heterocycles. The van der Waals surface area contributed by atoms with Crippen molar-refractivity contribution in [2.75, 3.05) is 5.32 Å². The van der Waals surface area contributed by atoms with Crippen molar-refractivity contribution < 1.29 is 9.90 Å². The van der Waals surface area contributed by atoms with Gasteiger partial charge in [-0.25, -0.2) is 4.98 Å². The molecule has 0 aliphatic rings. The molecule has 126 valence electrons. The molecule has 0 radical (unpaired) electrons. The number of anilines is 1. The first kappa shape index (κ1) is 16.7. The summed E-state index contributed by atoms with van der Waals surface area (Å²) < 4.78 is 0. The lowest BCUT2D eigenvalue weighted by Gasteiger charge is -2.08. The number of phenolic OH excluding ortho intramolecular Hbond substituents is 1. The van der Waals surface area contributed by atoms with E-state index in [9.17, 15) is 14.7 Å². The molecule has 7 heteroatoms. The molecule has 0 fully saturated rings. The van der Waals surface area contributed by atoms with Gasteiger partial charge in [0.25, 0.3) is 11.5 Å². The number of hydrogen-bond acceptors (Lipinski definition) is 4. The van der Waals surface area contributed by atoms with Crippen LogP contribution in [0.1, 0.15) is 15.9 Å². The summed E-state index contributed by atoms with van der Waals surface area (Å²) in [5.41, 5.74) is 1.21. The van der Waals surface area contributed by atoms with Gasteiger partial charge in [0, 0.05) is 22.5 Å². The summed E-state index contributed by atoms with van der Waals surface area (Å²) in [5.74, 6) is -0.133. The molecule has 3 N–H and O–H groups in total. The number of phenols is 1. The summed E-state index contributed by atoms with van der Waals surface area (Å²) >= 11 is 5.84. The number of halogens is 1. The monoisotopic (exact) mass is 355 g/mol. The Morgan fingerprint density at radius 3 is 2.56 bits per heavy atom. The first-order valence-electron chi connectivity index (χ1n) is 7.40. The van der Waals surface area contributed by atoms with Crippen LogP contribution in [0.15, 0.2) is 53.5 Å². The highest BCUT2D eigenvalue weighted by Gasteiger charge is 2.14. The third-order valence-corrected chi connectivity index (χ3v) is 3.87. The second kappa shape index (κ2) is 6.78. The van der Waals surface area contributed by atoms with E-state index in [4.69, 9.17) is 11.6 Å². The van der Waals surface area contributed by atoms with Crippen LogP contribution in [0.5, 0.6) is 5.75 Å². The number of nitrogens with one attached hydrogen (secondary N) is 2. The lowest BCUT2D eigenvalue weighted by molar-refractivity contribution is 0.102. The van der Waals surface area contributed by atoms with Crippen molar-refractivity contribution in [2.45, 2.75) is 6.92 Å². The topological polar surface area (TPSA) is 95.1 Å². The normalized spacial score (nSPS) is 10.5. The van der Waals surface area contributed by atoms with Crippen LogP contribution >= 0.6 is 11.6 Å². The van der Waals surface area contributed by atoms with Crippen LogP contribution in [-0.4, -0.2) is 21.0 Å². The number of aromatic hydroxyl groups is 1. The Labute approximate surface area is 148 Å². The standard InChI is InChI=1S/C18H14ClN3O3/c1-10-8-13(23)6-7-15(10)21-17(24)14-9-20-16(22-18(14)25)11-2-4-12(19)5-3-11/h2-9,23H,1H3,(H,21,24)(H,20,22,25). The number of nitrogens with zero attached hydrogens (tertiary/aromatic N) is 1. The maximum atomic E-state index is 12.3. The fourth-order valence-corrected chi connectivity index (χ4v) is 2.41. The predicted octanol–water partition coefficient (Wildman–Crippen LogP) is 3.36. The molecule has 1 amide bonds. The molecular formula is C18H14ClN3O3. The van der Waals surface area contributed by atoms with Gasteiger partial charge in [0.2, 0.25) is 0 Å². The van der Waals surface area contributed by atoms with E-state index in [1.807, 2.05) is 0 Å². The lowest BCUT2D eigenvalue weighted by atomic mass is 10.1. The number of H-pyrrole nitrogens is 1. The van der Waals surface area contributed by atoms with E-state index in [2.05, 4.69) is 15.3 Å². The molecule has 0 saturated heterocycles. The van der Waals surface area contributed by atoms with Crippen molar-refractivity contribution >= 4 is 23.2 Å². The third kappa shape index (κ3) is 3.70. The van der Waals surface area contributed by atoms with Gasteiger partial charge in [0.05, 0.1) is 0 Å². The van der Waals surface area contributed by atoms with E-state index in [1.54, 1.807) is 37.3 Å². The van der Waals surface area contributed by atoms with Crippen molar-refractivity contribution in [1.82, 2.24) is 9.97 Å². The molecule has 6 nitrogen and oxygen atoms in total. The highest BCUT2D eigenvalue weighted by atomic mass is 35.5. The van der Waals surface area contributed by atoms with Gasteiger partial charge in [-0.1, -0.05) is 11.6 Å². The van der Waals surface area contributed by atoms with Crippen molar-refractivity contribution in [2.24, 2.45) is 0 Å². The van der Waals surface area contributed by atoms with Crippen LogP contribution in [0.25, 0.3) is 11.4 Å². The minimum Gasteiger partial charge on any atom is -0.508 e. The maximum Gasteiger partial charge on any atom is 0.264 e. The van der Waals surface area contributed by atoms with Crippen molar-refractivity contribution in [3.63, 3.8) is 0 Å². The van der Waals surface area contributed by atoms with E-state index in [1.165, 1.54) is 18.3 Å². The number of hydrogen-bond donors (Lipinski definition) is 3. The largest absolute Gasteiger partial charge is 0.508 e. The van der Waals surface area contributed by atoms with Crippen LogP contribution in [0.3, 0.4) is 0 Å².